The molecular weight excluding hydrogens is 538 g/mol. The van der Waals surface area contributed by atoms with Crippen molar-refractivity contribution < 1.29 is 28.9 Å². The molecule has 4 aromatic carbocycles. The van der Waals surface area contributed by atoms with Crippen LogP contribution in [-0.2, 0) is 22.7 Å². The molecule has 1 aromatic heterocycles. The van der Waals surface area contributed by atoms with Crippen molar-refractivity contribution in [1.82, 2.24) is 20.3 Å². The Balaban J connectivity index is 1.44. The Kier molecular flexibility index (Phi) is 7.29. The number of phenols is 1. The van der Waals surface area contributed by atoms with Crippen molar-refractivity contribution in [3.05, 3.63) is 102 Å². The maximum absolute atomic E-state index is 14.3. The molecule has 42 heavy (non-hydrogen) atoms. The lowest BCUT2D eigenvalue weighted by Gasteiger charge is -2.32. The normalized spacial score (nSPS) is 12.6. The highest BCUT2D eigenvalue weighted by Crippen LogP contribution is 2.39. The lowest BCUT2D eigenvalue weighted by atomic mass is 10.0. The first-order chi connectivity index (χ1) is 20.5. The van der Waals surface area contributed by atoms with Gasteiger partial charge in [0.25, 0.3) is 0 Å². The number of carbonyl (C=O) groups excluding carboxylic acids is 2. The number of phenolic OH excluding ortho intramolecular Hbond substituents is 1. The average molecular weight is 566 g/mol. The number of amides is 2. The van der Waals surface area contributed by atoms with E-state index in [0.717, 1.165) is 5.56 Å². The lowest BCUT2D eigenvalue weighted by Crippen LogP contribution is -2.45. The van der Waals surface area contributed by atoms with Crippen LogP contribution in [0.15, 0.2) is 91.0 Å². The van der Waals surface area contributed by atoms with Gasteiger partial charge in [-0.25, -0.2) is 4.68 Å². The van der Waals surface area contributed by atoms with Crippen LogP contribution in [0.2, 0.25) is 0 Å². The topological polar surface area (TPSA) is 128 Å². The van der Waals surface area contributed by atoms with Crippen molar-refractivity contribution in [2.75, 3.05) is 18.8 Å². The molecule has 212 valence electrons. The number of anilines is 1. The standard InChI is InChI=1S/C31H27N5O6/c1-40-26-13-11-21(15-25(26)37)30(31(39)32-17-20-7-3-2-4-8-20)36(22-12-14-27-28(16-22)42-19-41-27)29(38)18-35-24-10-6-5-9-23(24)33-34-35/h2-16,30,37H,17-19H2,1H3,(H,32,39)/t30-/m0/s1. The minimum absolute atomic E-state index is 0.0466. The van der Waals surface area contributed by atoms with E-state index in [0.29, 0.717) is 33.8 Å². The predicted octanol–water partition coefficient (Wildman–Crippen LogP) is 3.97. The molecule has 1 aliphatic rings. The SMILES string of the molecule is COc1ccc([C@@H](C(=O)NCc2ccccc2)N(C(=O)Cn2nnc3ccccc32)c2ccc3c(c2)OCO3)cc1O. The van der Waals surface area contributed by atoms with E-state index < -0.39 is 17.9 Å². The number of methoxy groups -OCH3 is 1. The highest BCUT2D eigenvalue weighted by molar-refractivity contribution is 6.02. The van der Waals surface area contributed by atoms with Crippen LogP contribution in [0, 0.1) is 0 Å². The van der Waals surface area contributed by atoms with Crippen LogP contribution in [0.5, 0.6) is 23.0 Å². The molecule has 5 aromatic rings. The molecule has 2 amide bonds. The molecule has 2 heterocycles. The molecular formula is C31H27N5O6. The molecule has 0 saturated carbocycles. The van der Waals surface area contributed by atoms with Crippen LogP contribution in [0.1, 0.15) is 17.2 Å². The number of carbonyl (C=O) groups is 2. The molecule has 0 fully saturated rings. The van der Waals surface area contributed by atoms with E-state index in [1.807, 2.05) is 48.5 Å². The van der Waals surface area contributed by atoms with Crippen LogP contribution >= 0.6 is 0 Å². The van der Waals surface area contributed by atoms with Gasteiger partial charge in [-0.3, -0.25) is 14.5 Å². The Morgan fingerprint density at radius 3 is 2.60 bits per heavy atom. The average Bonchev–Trinajstić information content (AvgIpc) is 3.66. The summed E-state index contributed by atoms with van der Waals surface area (Å²) in [5.74, 6) is 0.129. The van der Waals surface area contributed by atoms with E-state index in [4.69, 9.17) is 14.2 Å². The monoisotopic (exact) mass is 565 g/mol. The summed E-state index contributed by atoms with van der Waals surface area (Å²) in [6, 6.07) is 25.2. The van der Waals surface area contributed by atoms with Gasteiger partial charge in [-0.15, -0.1) is 5.10 Å². The highest BCUT2D eigenvalue weighted by Gasteiger charge is 2.35. The number of nitrogens with one attached hydrogen (secondary N) is 1. The second-order valence-corrected chi connectivity index (χ2v) is 9.57. The second-order valence-electron chi connectivity index (χ2n) is 9.57. The van der Waals surface area contributed by atoms with Gasteiger partial charge in [0.15, 0.2) is 23.0 Å². The van der Waals surface area contributed by atoms with E-state index >= 15 is 0 Å². The highest BCUT2D eigenvalue weighted by atomic mass is 16.7. The van der Waals surface area contributed by atoms with Gasteiger partial charge < -0.3 is 24.6 Å². The van der Waals surface area contributed by atoms with E-state index in [9.17, 15) is 14.7 Å². The number of fused-ring (bicyclic) bond motifs is 2. The summed E-state index contributed by atoms with van der Waals surface area (Å²) in [5.41, 5.74) is 2.95. The first kappa shape index (κ1) is 26.6. The molecule has 1 atom stereocenters. The molecule has 0 saturated heterocycles. The number of rotatable bonds is 9. The third-order valence-electron chi connectivity index (χ3n) is 6.94. The van der Waals surface area contributed by atoms with Crippen molar-refractivity contribution >= 4 is 28.5 Å². The van der Waals surface area contributed by atoms with Crippen LogP contribution < -0.4 is 24.4 Å². The maximum atomic E-state index is 14.3. The summed E-state index contributed by atoms with van der Waals surface area (Å²) in [4.78, 5) is 29.7. The van der Waals surface area contributed by atoms with Crippen molar-refractivity contribution in [2.45, 2.75) is 19.1 Å². The fourth-order valence-electron chi connectivity index (χ4n) is 4.89. The Hall–Kier alpha value is -5.58. The molecule has 6 rings (SSSR count). The van der Waals surface area contributed by atoms with E-state index in [2.05, 4.69) is 15.6 Å². The smallest absolute Gasteiger partial charge is 0.249 e. The molecule has 2 N–H and O–H groups in total. The van der Waals surface area contributed by atoms with Gasteiger partial charge in [-0.2, -0.15) is 0 Å². The van der Waals surface area contributed by atoms with Crippen molar-refractivity contribution in [3.8, 4) is 23.0 Å². The summed E-state index contributed by atoms with van der Waals surface area (Å²) in [6.45, 7) is 0.0692. The summed E-state index contributed by atoms with van der Waals surface area (Å²) in [6.07, 6.45) is 0. The zero-order valence-corrected chi connectivity index (χ0v) is 22.6. The third-order valence-corrected chi connectivity index (χ3v) is 6.94. The number of benzene rings is 4. The van der Waals surface area contributed by atoms with Gasteiger partial charge in [-0.1, -0.05) is 53.7 Å². The van der Waals surface area contributed by atoms with E-state index in [1.54, 1.807) is 36.4 Å². The molecule has 0 radical (unpaired) electrons. The van der Waals surface area contributed by atoms with E-state index in [1.165, 1.54) is 22.8 Å². The van der Waals surface area contributed by atoms with Crippen molar-refractivity contribution in [2.24, 2.45) is 0 Å². The quantitative estimate of drug-likeness (QED) is 0.275. The summed E-state index contributed by atoms with van der Waals surface area (Å²) < 4.78 is 17.8. The number of hydrogen-bond acceptors (Lipinski definition) is 8. The fraction of sp³-hybridized carbons (Fsp3) is 0.161. The molecule has 0 aliphatic carbocycles. The second kappa shape index (κ2) is 11.5. The zero-order valence-electron chi connectivity index (χ0n) is 22.6. The number of ether oxygens (including phenoxy) is 3. The molecule has 1 aliphatic heterocycles. The minimum Gasteiger partial charge on any atom is -0.504 e. The van der Waals surface area contributed by atoms with Crippen LogP contribution in [0.25, 0.3) is 11.0 Å². The van der Waals surface area contributed by atoms with Gasteiger partial charge in [0.1, 0.15) is 18.1 Å². The Bertz CT molecular complexity index is 1760. The number of aromatic nitrogens is 3. The van der Waals surface area contributed by atoms with Crippen LogP contribution in [0.3, 0.4) is 0 Å². The lowest BCUT2D eigenvalue weighted by molar-refractivity contribution is -0.127. The van der Waals surface area contributed by atoms with Gasteiger partial charge in [-0.05, 0) is 47.5 Å². The first-order valence-electron chi connectivity index (χ1n) is 13.2. The zero-order chi connectivity index (χ0) is 29.1. The summed E-state index contributed by atoms with van der Waals surface area (Å²) in [7, 11) is 1.43. The molecule has 11 nitrogen and oxygen atoms in total. The Morgan fingerprint density at radius 2 is 1.79 bits per heavy atom. The van der Waals surface area contributed by atoms with Gasteiger partial charge in [0.2, 0.25) is 18.6 Å². The van der Waals surface area contributed by atoms with Gasteiger partial charge in [0, 0.05) is 18.3 Å². The Morgan fingerprint density at radius 1 is 1.00 bits per heavy atom. The molecule has 11 heteroatoms. The molecule has 0 spiro atoms. The summed E-state index contributed by atoms with van der Waals surface area (Å²) >= 11 is 0. The van der Waals surface area contributed by atoms with Crippen LogP contribution in [-0.4, -0.2) is 45.8 Å². The Labute approximate surface area is 240 Å². The van der Waals surface area contributed by atoms with Crippen LogP contribution in [0.4, 0.5) is 5.69 Å². The van der Waals surface area contributed by atoms with Gasteiger partial charge in [0.05, 0.1) is 12.6 Å². The number of aromatic hydroxyl groups is 1. The number of hydrogen-bond donors (Lipinski definition) is 2. The van der Waals surface area contributed by atoms with Crippen molar-refractivity contribution in [1.29, 1.82) is 0 Å². The third kappa shape index (κ3) is 5.27. The number of para-hydroxylation sites is 1. The minimum atomic E-state index is -1.19. The van der Waals surface area contributed by atoms with Gasteiger partial charge >= 0.3 is 0 Å². The summed E-state index contributed by atoms with van der Waals surface area (Å²) in [5, 5.41) is 21.9. The largest absolute Gasteiger partial charge is 0.504 e. The molecule has 0 unspecified atom stereocenters. The number of nitrogens with zero attached hydrogens (tertiary/aromatic N) is 4. The first-order valence-corrected chi connectivity index (χ1v) is 13.2. The predicted molar refractivity (Wildman–Crippen MR) is 153 cm³/mol. The van der Waals surface area contributed by atoms with E-state index in [-0.39, 0.29) is 31.4 Å². The van der Waals surface area contributed by atoms with Crippen molar-refractivity contribution in [3.63, 3.8) is 0 Å². The maximum Gasteiger partial charge on any atom is 0.249 e. The fourth-order valence-corrected chi connectivity index (χ4v) is 4.89. The molecule has 0 bridgehead atoms.